The number of hydrogen-bond acceptors (Lipinski definition) is 1. The van der Waals surface area contributed by atoms with E-state index in [1.807, 2.05) is 0 Å². The van der Waals surface area contributed by atoms with Gasteiger partial charge in [-0.1, -0.05) is 13.3 Å². The third-order valence-electron chi connectivity index (χ3n) is 2.34. The van der Waals surface area contributed by atoms with Crippen molar-refractivity contribution in [3.8, 4) is 0 Å². The van der Waals surface area contributed by atoms with Gasteiger partial charge in [-0.05, 0) is 34.1 Å². The fourth-order valence-electron chi connectivity index (χ4n) is 1.26. The van der Waals surface area contributed by atoms with Crippen LogP contribution in [0.4, 0.5) is 0 Å². The van der Waals surface area contributed by atoms with Gasteiger partial charge in [-0.25, -0.2) is 0 Å². The summed E-state index contributed by atoms with van der Waals surface area (Å²) in [4.78, 5) is 6.97. The first-order chi connectivity index (χ1) is 6.49. The Morgan fingerprint density at radius 2 is 1.79 bits per heavy atom. The zero-order chi connectivity index (χ0) is 11.1. The van der Waals surface area contributed by atoms with Crippen LogP contribution in [0.25, 0.3) is 0 Å². The smallest absolute Gasteiger partial charge is 0.0991 e. The first kappa shape index (κ1) is 13.5. The van der Waals surface area contributed by atoms with Gasteiger partial charge < -0.3 is 4.90 Å². The average molecular weight is 198 g/mol. The molecule has 0 atom stereocenters. The summed E-state index contributed by atoms with van der Waals surface area (Å²) in [6, 6.07) is 0.951. The largest absolute Gasteiger partial charge is 0.361 e. The molecule has 2 nitrogen and oxygen atoms in total. The number of amidine groups is 1. The normalized spacial score (nSPS) is 12.7. The summed E-state index contributed by atoms with van der Waals surface area (Å²) in [5.41, 5.74) is 0. The minimum Gasteiger partial charge on any atom is -0.361 e. The van der Waals surface area contributed by atoms with Crippen molar-refractivity contribution < 1.29 is 0 Å². The molecular weight excluding hydrogens is 172 g/mol. The molecule has 14 heavy (non-hydrogen) atoms. The molecule has 0 fully saturated rings. The van der Waals surface area contributed by atoms with Crippen molar-refractivity contribution in [3.05, 3.63) is 0 Å². The molecule has 84 valence electrons. The molecule has 2 heteroatoms. The lowest BCUT2D eigenvalue weighted by atomic mass is 10.2. The van der Waals surface area contributed by atoms with Crippen LogP contribution in [0.2, 0.25) is 0 Å². The molecule has 0 aromatic carbocycles. The molecular formula is C12H26N2. The molecule has 0 saturated heterocycles. The maximum Gasteiger partial charge on any atom is 0.0991 e. The van der Waals surface area contributed by atoms with Gasteiger partial charge in [0.15, 0.2) is 0 Å². The first-order valence-electron chi connectivity index (χ1n) is 5.78. The van der Waals surface area contributed by atoms with Gasteiger partial charge in [-0.2, -0.15) is 0 Å². The van der Waals surface area contributed by atoms with Gasteiger partial charge in [0.05, 0.1) is 5.84 Å². The van der Waals surface area contributed by atoms with Crippen LogP contribution >= 0.6 is 0 Å². The maximum absolute atomic E-state index is 4.68. The van der Waals surface area contributed by atoms with Crippen molar-refractivity contribution >= 4 is 5.84 Å². The molecule has 0 aliphatic carbocycles. The number of unbranched alkanes of at least 4 members (excludes halogenated alkanes) is 1. The molecule has 0 heterocycles. The molecule has 0 saturated carbocycles. The monoisotopic (exact) mass is 198 g/mol. The summed E-state index contributed by atoms with van der Waals surface area (Å²) >= 11 is 0. The van der Waals surface area contributed by atoms with E-state index in [-0.39, 0.29) is 0 Å². The number of aliphatic imine (C=N–C) groups is 1. The maximum atomic E-state index is 4.68. The summed E-state index contributed by atoms with van der Waals surface area (Å²) in [6.45, 7) is 10.9. The van der Waals surface area contributed by atoms with Crippen LogP contribution < -0.4 is 0 Å². The SMILES string of the molecule is CCCCC(=NC(C)C)N(C)C(C)C. The standard InChI is InChI=1S/C12H26N2/c1-7-8-9-12(13-10(2)3)14(6)11(4)5/h10-11H,7-9H2,1-6H3. The second-order valence-corrected chi connectivity index (χ2v) is 4.45. The highest BCUT2D eigenvalue weighted by Crippen LogP contribution is 2.06. The van der Waals surface area contributed by atoms with E-state index >= 15 is 0 Å². The first-order valence-corrected chi connectivity index (χ1v) is 5.78. The molecule has 0 aliphatic heterocycles. The lowest BCUT2D eigenvalue weighted by Gasteiger charge is -2.26. The van der Waals surface area contributed by atoms with E-state index in [9.17, 15) is 0 Å². The highest BCUT2D eigenvalue weighted by Gasteiger charge is 2.09. The van der Waals surface area contributed by atoms with Gasteiger partial charge in [0, 0.05) is 25.6 Å². The zero-order valence-electron chi connectivity index (χ0n) is 10.7. The molecule has 0 spiro atoms. The van der Waals surface area contributed by atoms with E-state index in [4.69, 9.17) is 0 Å². The number of nitrogens with zero attached hydrogens (tertiary/aromatic N) is 2. The Labute approximate surface area is 89.4 Å². The Morgan fingerprint density at radius 3 is 2.14 bits per heavy atom. The Kier molecular flexibility index (Phi) is 6.60. The molecule has 0 radical (unpaired) electrons. The lowest BCUT2D eigenvalue weighted by Crippen LogP contribution is -2.33. The summed E-state index contributed by atoms with van der Waals surface area (Å²) in [5, 5.41) is 0. The summed E-state index contributed by atoms with van der Waals surface area (Å²) in [5.74, 6) is 1.26. The van der Waals surface area contributed by atoms with Crippen LogP contribution in [-0.2, 0) is 0 Å². The highest BCUT2D eigenvalue weighted by atomic mass is 15.2. The van der Waals surface area contributed by atoms with Gasteiger partial charge in [-0.15, -0.1) is 0 Å². The zero-order valence-corrected chi connectivity index (χ0v) is 10.7. The minimum absolute atomic E-state index is 0.406. The lowest BCUT2D eigenvalue weighted by molar-refractivity contribution is 0.404. The van der Waals surface area contributed by atoms with E-state index in [0.29, 0.717) is 12.1 Å². The van der Waals surface area contributed by atoms with Gasteiger partial charge in [0.2, 0.25) is 0 Å². The predicted octanol–water partition coefficient (Wildman–Crippen LogP) is 3.32. The molecule has 0 aromatic heterocycles. The van der Waals surface area contributed by atoms with Crippen LogP contribution in [-0.4, -0.2) is 29.9 Å². The van der Waals surface area contributed by atoms with Crippen LogP contribution in [0, 0.1) is 0 Å². The molecule has 0 aromatic rings. The average Bonchev–Trinajstić information content (AvgIpc) is 2.10. The molecule has 0 bridgehead atoms. The Hall–Kier alpha value is -0.530. The molecule has 0 aliphatic rings. The number of rotatable bonds is 5. The van der Waals surface area contributed by atoms with Crippen LogP contribution in [0.5, 0.6) is 0 Å². The number of hydrogen-bond donors (Lipinski definition) is 0. The fraction of sp³-hybridized carbons (Fsp3) is 0.917. The summed E-state index contributed by atoms with van der Waals surface area (Å²) < 4.78 is 0. The minimum atomic E-state index is 0.406. The summed E-state index contributed by atoms with van der Waals surface area (Å²) in [6.07, 6.45) is 3.59. The van der Waals surface area contributed by atoms with Gasteiger partial charge in [0.1, 0.15) is 0 Å². The third kappa shape index (κ3) is 5.25. The van der Waals surface area contributed by atoms with Crippen molar-refractivity contribution in [2.24, 2.45) is 4.99 Å². The Balaban J connectivity index is 4.38. The van der Waals surface area contributed by atoms with E-state index in [0.717, 1.165) is 6.42 Å². The molecule has 0 amide bonds. The quantitative estimate of drug-likeness (QED) is 0.489. The van der Waals surface area contributed by atoms with E-state index in [1.165, 1.54) is 18.7 Å². The van der Waals surface area contributed by atoms with Crippen molar-refractivity contribution in [1.29, 1.82) is 0 Å². The van der Waals surface area contributed by atoms with Crippen molar-refractivity contribution in [2.75, 3.05) is 7.05 Å². The summed E-state index contributed by atoms with van der Waals surface area (Å²) in [7, 11) is 2.14. The Bertz CT molecular complexity index is 171. The molecule has 0 unspecified atom stereocenters. The van der Waals surface area contributed by atoms with Gasteiger partial charge >= 0.3 is 0 Å². The van der Waals surface area contributed by atoms with E-state index in [1.54, 1.807) is 0 Å². The predicted molar refractivity (Wildman–Crippen MR) is 65.0 cm³/mol. The fourth-order valence-corrected chi connectivity index (χ4v) is 1.26. The van der Waals surface area contributed by atoms with Crippen LogP contribution in [0.15, 0.2) is 4.99 Å². The van der Waals surface area contributed by atoms with E-state index < -0.39 is 0 Å². The van der Waals surface area contributed by atoms with Crippen LogP contribution in [0.1, 0.15) is 53.9 Å². The van der Waals surface area contributed by atoms with Crippen molar-refractivity contribution in [2.45, 2.75) is 66.0 Å². The topological polar surface area (TPSA) is 15.6 Å². The third-order valence-corrected chi connectivity index (χ3v) is 2.34. The molecule has 0 N–H and O–H groups in total. The van der Waals surface area contributed by atoms with Crippen molar-refractivity contribution in [1.82, 2.24) is 4.90 Å². The van der Waals surface area contributed by atoms with Crippen LogP contribution in [0.3, 0.4) is 0 Å². The Morgan fingerprint density at radius 1 is 1.21 bits per heavy atom. The van der Waals surface area contributed by atoms with Gasteiger partial charge in [-0.3, -0.25) is 4.99 Å². The van der Waals surface area contributed by atoms with Crippen molar-refractivity contribution in [3.63, 3.8) is 0 Å². The van der Waals surface area contributed by atoms with Gasteiger partial charge in [0.25, 0.3) is 0 Å². The second-order valence-electron chi connectivity index (χ2n) is 4.45. The molecule has 0 rings (SSSR count). The second kappa shape index (κ2) is 6.86. The highest BCUT2D eigenvalue weighted by molar-refractivity contribution is 5.82. The van der Waals surface area contributed by atoms with E-state index in [2.05, 4.69) is 51.6 Å².